The van der Waals surface area contributed by atoms with Crippen LogP contribution in [0.2, 0.25) is 0 Å². The number of hydrogen-bond donors (Lipinski definition) is 3. The van der Waals surface area contributed by atoms with Crippen LogP contribution >= 0.6 is 7.82 Å². The van der Waals surface area contributed by atoms with Gasteiger partial charge in [0.2, 0.25) is 0 Å². The Morgan fingerprint density at radius 1 is 0.582 bits per heavy atom. The molecule has 0 saturated carbocycles. The fourth-order valence-corrected chi connectivity index (χ4v) is 5.80. The lowest BCUT2D eigenvalue weighted by atomic mass is 10.1. The predicted molar refractivity (Wildman–Crippen MR) is 226 cm³/mol. The Hall–Kier alpha value is -2.85. The van der Waals surface area contributed by atoms with Crippen LogP contribution in [-0.4, -0.2) is 60.5 Å². The van der Waals surface area contributed by atoms with E-state index in [2.05, 4.69) is 98.9 Å². The lowest BCUT2D eigenvalue weighted by Gasteiger charge is -2.20. The number of nitrogens with two attached hydrogens (primary N) is 1. The number of phosphoric ester groups is 1. The number of hydrogen-bond acceptors (Lipinski definition) is 8. The largest absolute Gasteiger partial charge is 0.480 e. The number of carbonyl (C=O) groups excluding carboxylic acids is 1. The van der Waals surface area contributed by atoms with Gasteiger partial charge in [0.05, 0.1) is 19.8 Å². The van der Waals surface area contributed by atoms with E-state index in [1.807, 2.05) is 0 Å². The van der Waals surface area contributed by atoms with E-state index >= 15 is 0 Å². The minimum atomic E-state index is -4.63. The molecule has 0 saturated heterocycles. The van der Waals surface area contributed by atoms with Gasteiger partial charge < -0.3 is 25.2 Å². The molecule has 0 aromatic carbocycles. The Morgan fingerprint density at radius 2 is 1.00 bits per heavy atom. The SMILES string of the molecule is CC/C=C\C/C=C\C/C=C\C/C=C\CCCCCCCCCOCC(COP(=O)(O)OCC(N)C(=O)O)OC(=O)CCCCC/C=C\C/C=C\C/C=C\CC. The van der Waals surface area contributed by atoms with Crippen LogP contribution < -0.4 is 5.73 Å². The summed E-state index contributed by atoms with van der Waals surface area (Å²) in [5.74, 6) is -1.82. The molecule has 4 N–H and O–H groups in total. The number of aliphatic carboxylic acids is 1. The lowest BCUT2D eigenvalue weighted by molar-refractivity contribution is -0.154. The molecule has 0 fully saturated rings. The van der Waals surface area contributed by atoms with E-state index in [1.54, 1.807) is 0 Å². The van der Waals surface area contributed by atoms with Crippen molar-refractivity contribution in [3.8, 4) is 0 Å². The standard InChI is InChI=1S/C44H74NO9P/c1-3-5-7-9-11-13-15-17-18-19-20-21-22-23-25-27-29-31-33-35-37-51-38-41(39-52-55(49,50)53-40-42(45)44(47)48)54-43(46)36-34-32-30-28-26-24-16-14-12-10-8-6-4-2/h5-8,11-14,17-18,20-21,24,26,41-42H,3-4,9-10,15-16,19,22-23,25,27-40,45H2,1-2H3,(H,47,48)(H,49,50)/b7-5-,8-6-,13-11-,14-12-,18-17-,21-20-,26-24-. The maximum Gasteiger partial charge on any atom is 0.472 e. The van der Waals surface area contributed by atoms with E-state index in [4.69, 9.17) is 29.4 Å². The second kappa shape index (κ2) is 39.4. The highest BCUT2D eigenvalue weighted by molar-refractivity contribution is 7.47. The molecule has 0 radical (unpaired) electrons. The first-order chi connectivity index (χ1) is 26.7. The predicted octanol–water partition coefficient (Wildman–Crippen LogP) is 11.2. The van der Waals surface area contributed by atoms with Crippen LogP contribution in [0.25, 0.3) is 0 Å². The van der Waals surface area contributed by atoms with Crippen molar-refractivity contribution in [1.29, 1.82) is 0 Å². The Balaban J connectivity index is 4.31. The average Bonchev–Trinajstić information content (AvgIpc) is 3.16. The van der Waals surface area contributed by atoms with Crippen LogP contribution in [0, 0.1) is 0 Å². The molecule has 0 aromatic heterocycles. The first kappa shape index (κ1) is 52.2. The maximum atomic E-state index is 12.6. The molecular weight excluding hydrogens is 717 g/mol. The number of carbonyl (C=O) groups is 2. The summed E-state index contributed by atoms with van der Waals surface area (Å²) in [7, 11) is -4.63. The Kier molecular flexibility index (Phi) is 37.3. The molecule has 0 bridgehead atoms. The summed E-state index contributed by atoms with van der Waals surface area (Å²) >= 11 is 0. The molecule has 3 atom stereocenters. The van der Waals surface area contributed by atoms with Gasteiger partial charge in [0.15, 0.2) is 0 Å². The lowest BCUT2D eigenvalue weighted by Crippen LogP contribution is -2.34. The van der Waals surface area contributed by atoms with Gasteiger partial charge in [-0.3, -0.25) is 18.6 Å². The smallest absolute Gasteiger partial charge is 0.472 e. The first-order valence-electron chi connectivity index (χ1n) is 20.6. The van der Waals surface area contributed by atoms with Crippen molar-refractivity contribution < 1.29 is 42.7 Å². The summed E-state index contributed by atoms with van der Waals surface area (Å²) in [5.41, 5.74) is 5.34. The number of ether oxygens (including phenoxy) is 2. The third kappa shape index (κ3) is 39.2. The van der Waals surface area contributed by atoms with Gasteiger partial charge in [0.1, 0.15) is 12.1 Å². The van der Waals surface area contributed by atoms with Crippen molar-refractivity contribution >= 4 is 19.8 Å². The zero-order valence-electron chi connectivity index (χ0n) is 34.0. The third-order valence-corrected chi connectivity index (χ3v) is 9.12. The molecule has 0 rings (SSSR count). The van der Waals surface area contributed by atoms with Gasteiger partial charge >= 0.3 is 19.8 Å². The number of carboxylic acid groups (broad SMARTS) is 1. The van der Waals surface area contributed by atoms with Crippen LogP contribution in [0.5, 0.6) is 0 Å². The van der Waals surface area contributed by atoms with E-state index < -0.39 is 45.1 Å². The third-order valence-electron chi connectivity index (χ3n) is 8.17. The second-order valence-electron chi connectivity index (χ2n) is 13.3. The van der Waals surface area contributed by atoms with Crippen molar-refractivity contribution in [2.45, 2.75) is 154 Å². The number of rotatable bonds is 38. The highest BCUT2D eigenvalue weighted by Crippen LogP contribution is 2.43. The quantitative estimate of drug-likeness (QED) is 0.0238. The van der Waals surface area contributed by atoms with Crippen molar-refractivity contribution in [3.05, 3.63) is 85.1 Å². The van der Waals surface area contributed by atoms with Gasteiger partial charge in [-0.1, -0.05) is 137 Å². The van der Waals surface area contributed by atoms with Gasteiger partial charge in [-0.2, -0.15) is 0 Å². The van der Waals surface area contributed by atoms with E-state index in [0.29, 0.717) is 13.0 Å². The number of esters is 1. The number of unbranched alkanes of at least 4 members (excludes halogenated alkanes) is 10. The fourth-order valence-electron chi connectivity index (χ4n) is 5.02. The summed E-state index contributed by atoms with van der Waals surface area (Å²) in [6.45, 7) is 3.56. The summed E-state index contributed by atoms with van der Waals surface area (Å²) in [6, 6.07) is -1.48. The number of phosphoric acid groups is 1. The number of allylic oxidation sites excluding steroid dienone is 14. The summed E-state index contributed by atoms with van der Waals surface area (Å²) in [5, 5.41) is 8.88. The minimum absolute atomic E-state index is 0.00812. The van der Waals surface area contributed by atoms with Crippen molar-refractivity contribution in [1.82, 2.24) is 0 Å². The molecule has 3 unspecified atom stereocenters. The molecule has 0 aliphatic heterocycles. The fraction of sp³-hybridized carbons (Fsp3) is 0.636. The van der Waals surface area contributed by atoms with Crippen LogP contribution in [0.15, 0.2) is 85.1 Å². The Bertz CT molecular complexity index is 1190. The average molecular weight is 792 g/mol. The van der Waals surface area contributed by atoms with E-state index in [1.165, 1.54) is 25.7 Å². The molecule has 10 nitrogen and oxygen atoms in total. The van der Waals surface area contributed by atoms with Crippen LogP contribution in [0.3, 0.4) is 0 Å². The normalized spacial score (nSPS) is 14.8. The maximum absolute atomic E-state index is 12.6. The summed E-state index contributed by atoms with van der Waals surface area (Å²) < 4.78 is 33.2. The Labute approximate surface area is 333 Å². The van der Waals surface area contributed by atoms with Gasteiger partial charge in [0, 0.05) is 13.0 Å². The highest BCUT2D eigenvalue weighted by atomic mass is 31.2. The van der Waals surface area contributed by atoms with Gasteiger partial charge in [-0.15, -0.1) is 0 Å². The molecule has 0 aromatic rings. The second-order valence-corrected chi connectivity index (χ2v) is 14.8. The zero-order chi connectivity index (χ0) is 40.5. The van der Waals surface area contributed by atoms with Gasteiger partial charge in [-0.25, -0.2) is 4.57 Å². The number of carboxylic acids is 1. The van der Waals surface area contributed by atoms with Crippen molar-refractivity contribution in [2.24, 2.45) is 5.73 Å². The monoisotopic (exact) mass is 792 g/mol. The summed E-state index contributed by atoms with van der Waals surface area (Å²) in [6.07, 6.45) is 49.3. The van der Waals surface area contributed by atoms with Crippen molar-refractivity contribution in [2.75, 3.05) is 26.4 Å². The zero-order valence-corrected chi connectivity index (χ0v) is 34.9. The van der Waals surface area contributed by atoms with E-state index in [-0.39, 0.29) is 13.0 Å². The molecular formula is C44H74NO9P. The molecule has 0 spiro atoms. The van der Waals surface area contributed by atoms with Gasteiger partial charge in [0.25, 0.3) is 0 Å². The topological polar surface area (TPSA) is 155 Å². The van der Waals surface area contributed by atoms with Crippen molar-refractivity contribution in [3.63, 3.8) is 0 Å². The van der Waals surface area contributed by atoms with E-state index in [0.717, 1.165) is 89.9 Å². The molecule has 314 valence electrons. The minimum Gasteiger partial charge on any atom is -0.480 e. The van der Waals surface area contributed by atoms with Crippen LogP contribution in [0.1, 0.15) is 142 Å². The molecule has 11 heteroatoms. The van der Waals surface area contributed by atoms with Gasteiger partial charge in [-0.05, 0) is 83.5 Å². The first-order valence-corrected chi connectivity index (χ1v) is 22.1. The summed E-state index contributed by atoms with van der Waals surface area (Å²) in [4.78, 5) is 33.5. The molecule has 0 heterocycles. The molecule has 0 amide bonds. The molecule has 0 aliphatic rings. The Morgan fingerprint density at radius 3 is 1.49 bits per heavy atom. The van der Waals surface area contributed by atoms with E-state index in [9.17, 15) is 19.0 Å². The van der Waals surface area contributed by atoms with Crippen LogP contribution in [-0.2, 0) is 32.7 Å². The highest BCUT2D eigenvalue weighted by Gasteiger charge is 2.27. The molecule has 55 heavy (non-hydrogen) atoms. The van der Waals surface area contributed by atoms with Crippen LogP contribution in [0.4, 0.5) is 0 Å². The molecule has 0 aliphatic carbocycles.